The molecule has 0 radical (unpaired) electrons. The second kappa shape index (κ2) is 6.62. The fourth-order valence-electron chi connectivity index (χ4n) is 2.91. The highest BCUT2D eigenvalue weighted by Gasteiger charge is 2.36. The molecule has 1 aliphatic rings. The molecule has 2 aromatic rings. The van der Waals surface area contributed by atoms with Gasteiger partial charge in [-0.25, -0.2) is 0 Å². The molecule has 1 N–H and O–H groups in total. The second-order valence-electron chi connectivity index (χ2n) is 5.83. The first-order valence-corrected chi connectivity index (χ1v) is 8.44. The molecule has 0 bridgehead atoms. The molecule has 22 heavy (non-hydrogen) atoms. The number of aryl methyl sites for hydroxylation is 1. The smallest absolute Gasteiger partial charge is 0.226 e. The molecule has 5 nitrogen and oxygen atoms in total. The Morgan fingerprint density at radius 2 is 2.50 bits per heavy atom. The molecule has 1 amide bonds. The number of nitrogens with zero attached hydrogens (tertiary/aromatic N) is 2. The summed E-state index contributed by atoms with van der Waals surface area (Å²) in [5, 5.41) is 9.36. The minimum absolute atomic E-state index is 0.0791. The van der Waals surface area contributed by atoms with Gasteiger partial charge in [-0.3, -0.25) is 9.48 Å². The summed E-state index contributed by atoms with van der Waals surface area (Å²) in [5.41, 5.74) is 0.978. The van der Waals surface area contributed by atoms with Crippen LogP contribution in [0.5, 0.6) is 0 Å². The van der Waals surface area contributed by atoms with Crippen LogP contribution in [0.1, 0.15) is 29.9 Å². The van der Waals surface area contributed by atoms with E-state index >= 15 is 0 Å². The molecule has 0 spiro atoms. The van der Waals surface area contributed by atoms with Crippen LogP contribution in [-0.2, 0) is 23.0 Å². The number of carbonyl (C=O) groups excluding carboxylic acids is 1. The van der Waals surface area contributed by atoms with Gasteiger partial charge in [-0.05, 0) is 24.8 Å². The molecule has 0 unspecified atom stereocenters. The van der Waals surface area contributed by atoms with Crippen LogP contribution in [0.2, 0.25) is 0 Å². The minimum atomic E-state index is -0.178. The highest BCUT2D eigenvalue weighted by atomic mass is 32.1. The number of ether oxygens (including phenoxy) is 1. The molecule has 3 rings (SSSR count). The number of amides is 1. The Bertz CT molecular complexity index is 623. The number of aromatic nitrogens is 2. The maximum absolute atomic E-state index is 12.6. The zero-order valence-corrected chi connectivity index (χ0v) is 13.7. The van der Waals surface area contributed by atoms with Crippen LogP contribution < -0.4 is 5.32 Å². The molecular weight excluding hydrogens is 298 g/mol. The van der Waals surface area contributed by atoms with Gasteiger partial charge >= 0.3 is 0 Å². The van der Waals surface area contributed by atoms with Gasteiger partial charge in [-0.2, -0.15) is 5.10 Å². The van der Waals surface area contributed by atoms with Gasteiger partial charge in [0, 0.05) is 42.8 Å². The summed E-state index contributed by atoms with van der Waals surface area (Å²) in [5.74, 6) is -0.0506. The van der Waals surface area contributed by atoms with Crippen LogP contribution in [0, 0.1) is 5.92 Å². The molecule has 6 heteroatoms. The fraction of sp³-hybridized carbons (Fsp3) is 0.500. The van der Waals surface area contributed by atoms with Gasteiger partial charge < -0.3 is 10.1 Å². The zero-order valence-electron chi connectivity index (χ0n) is 12.9. The lowest BCUT2D eigenvalue weighted by Gasteiger charge is -2.20. The molecule has 2 aromatic heterocycles. The van der Waals surface area contributed by atoms with E-state index in [4.69, 9.17) is 4.74 Å². The van der Waals surface area contributed by atoms with Gasteiger partial charge in [0.25, 0.3) is 0 Å². The maximum Gasteiger partial charge on any atom is 0.226 e. The SMILES string of the molecule is C[C@H](Cc1cccs1)NC(=O)[C@H]1CCO[C@@H]1c1cnn(C)c1. The Kier molecular flexibility index (Phi) is 4.59. The van der Waals surface area contributed by atoms with E-state index in [1.54, 1.807) is 22.2 Å². The Balaban J connectivity index is 1.61. The molecule has 0 aromatic carbocycles. The van der Waals surface area contributed by atoms with Gasteiger partial charge in [-0.1, -0.05) is 6.07 Å². The summed E-state index contributed by atoms with van der Waals surface area (Å²) in [6.07, 6.45) is 5.16. The zero-order chi connectivity index (χ0) is 15.5. The largest absolute Gasteiger partial charge is 0.373 e. The summed E-state index contributed by atoms with van der Waals surface area (Å²) < 4.78 is 7.50. The number of hydrogen-bond acceptors (Lipinski definition) is 4. The van der Waals surface area contributed by atoms with Gasteiger partial charge in [0.15, 0.2) is 0 Å². The van der Waals surface area contributed by atoms with Crippen molar-refractivity contribution in [1.29, 1.82) is 0 Å². The van der Waals surface area contributed by atoms with Crippen molar-refractivity contribution < 1.29 is 9.53 Å². The Morgan fingerprint density at radius 3 is 3.18 bits per heavy atom. The lowest BCUT2D eigenvalue weighted by atomic mass is 9.96. The van der Waals surface area contributed by atoms with E-state index in [1.807, 2.05) is 26.2 Å². The predicted octanol–water partition coefficient (Wildman–Crippen LogP) is 2.31. The minimum Gasteiger partial charge on any atom is -0.373 e. The molecule has 1 fully saturated rings. The summed E-state index contributed by atoms with van der Waals surface area (Å²) in [4.78, 5) is 13.9. The second-order valence-corrected chi connectivity index (χ2v) is 6.86. The van der Waals surface area contributed by atoms with Gasteiger partial charge in [-0.15, -0.1) is 11.3 Å². The molecule has 0 aliphatic carbocycles. The number of nitrogens with one attached hydrogen (secondary N) is 1. The summed E-state index contributed by atoms with van der Waals surface area (Å²) in [6.45, 7) is 2.67. The van der Waals surface area contributed by atoms with Crippen molar-refractivity contribution in [2.75, 3.05) is 6.61 Å². The first-order chi connectivity index (χ1) is 10.6. The first-order valence-electron chi connectivity index (χ1n) is 7.56. The number of carbonyl (C=O) groups is 1. The normalized spacial score (nSPS) is 22.6. The monoisotopic (exact) mass is 319 g/mol. The van der Waals surface area contributed by atoms with E-state index < -0.39 is 0 Å². The molecule has 1 saturated heterocycles. The van der Waals surface area contributed by atoms with Crippen molar-refractivity contribution in [2.24, 2.45) is 13.0 Å². The average molecular weight is 319 g/mol. The quantitative estimate of drug-likeness (QED) is 0.920. The first kappa shape index (κ1) is 15.2. The van der Waals surface area contributed by atoms with E-state index in [-0.39, 0.29) is 24.0 Å². The van der Waals surface area contributed by atoms with Gasteiger partial charge in [0.1, 0.15) is 0 Å². The van der Waals surface area contributed by atoms with Crippen molar-refractivity contribution in [3.05, 3.63) is 40.3 Å². The van der Waals surface area contributed by atoms with Crippen molar-refractivity contribution in [3.8, 4) is 0 Å². The van der Waals surface area contributed by atoms with Gasteiger partial charge in [0.2, 0.25) is 5.91 Å². The van der Waals surface area contributed by atoms with E-state index in [2.05, 4.69) is 21.9 Å². The van der Waals surface area contributed by atoms with Crippen LogP contribution in [0.15, 0.2) is 29.9 Å². The standard InChI is InChI=1S/C16H21N3O2S/c1-11(8-13-4-3-7-22-13)18-16(20)14-5-6-21-15(14)12-9-17-19(2)10-12/h3-4,7,9-11,14-15H,5-6,8H2,1-2H3,(H,18,20)/t11-,14+,15-/m1/s1. The number of thiophene rings is 1. The van der Waals surface area contributed by atoms with Crippen molar-refractivity contribution in [3.63, 3.8) is 0 Å². The summed E-state index contributed by atoms with van der Waals surface area (Å²) in [6, 6.07) is 4.27. The fourth-order valence-corrected chi connectivity index (χ4v) is 3.74. The molecule has 3 heterocycles. The molecule has 0 saturated carbocycles. The summed E-state index contributed by atoms with van der Waals surface area (Å²) in [7, 11) is 1.87. The third kappa shape index (κ3) is 3.39. The third-order valence-electron chi connectivity index (χ3n) is 3.96. The maximum atomic E-state index is 12.6. The molecule has 1 aliphatic heterocycles. The van der Waals surface area contributed by atoms with E-state index in [9.17, 15) is 4.79 Å². The highest BCUT2D eigenvalue weighted by Crippen LogP contribution is 2.34. The van der Waals surface area contributed by atoms with Crippen LogP contribution in [0.3, 0.4) is 0 Å². The van der Waals surface area contributed by atoms with Crippen molar-refractivity contribution in [2.45, 2.75) is 31.9 Å². The Morgan fingerprint density at radius 1 is 1.64 bits per heavy atom. The van der Waals surface area contributed by atoms with Crippen molar-refractivity contribution in [1.82, 2.24) is 15.1 Å². The van der Waals surface area contributed by atoms with E-state index in [1.165, 1.54) is 4.88 Å². The topological polar surface area (TPSA) is 56.1 Å². The van der Waals surface area contributed by atoms with Gasteiger partial charge in [0.05, 0.1) is 18.2 Å². The van der Waals surface area contributed by atoms with E-state index in [0.717, 1.165) is 18.4 Å². The number of hydrogen-bond donors (Lipinski definition) is 1. The molecule has 3 atom stereocenters. The predicted molar refractivity (Wildman–Crippen MR) is 85.6 cm³/mol. The summed E-state index contributed by atoms with van der Waals surface area (Å²) >= 11 is 1.72. The highest BCUT2D eigenvalue weighted by molar-refractivity contribution is 7.09. The number of rotatable bonds is 5. The Labute approximate surface area is 134 Å². The molecule has 118 valence electrons. The van der Waals surface area contributed by atoms with Crippen molar-refractivity contribution >= 4 is 17.2 Å². The van der Waals surface area contributed by atoms with Crippen LogP contribution in [0.25, 0.3) is 0 Å². The van der Waals surface area contributed by atoms with Crippen LogP contribution in [0.4, 0.5) is 0 Å². The third-order valence-corrected chi connectivity index (χ3v) is 4.86. The molecular formula is C16H21N3O2S. The average Bonchev–Trinajstić information content (AvgIpc) is 3.17. The lowest BCUT2D eigenvalue weighted by molar-refractivity contribution is -0.127. The van der Waals surface area contributed by atoms with Crippen LogP contribution in [-0.4, -0.2) is 28.3 Å². The van der Waals surface area contributed by atoms with Crippen LogP contribution >= 0.6 is 11.3 Å². The lowest BCUT2D eigenvalue weighted by Crippen LogP contribution is -2.39. The van der Waals surface area contributed by atoms with E-state index in [0.29, 0.717) is 6.61 Å². The Hall–Kier alpha value is -1.66.